The third-order valence-corrected chi connectivity index (χ3v) is 4.69. The van der Waals surface area contributed by atoms with Crippen LogP contribution < -0.4 is 10.1 Å². The predicted octanol–water partition coefficient (Wildman–Crippen LogP) is 3.24. The molecule has 0 saturated heterocycles. The van der Waals surface area contributed by atoms with Crippen molar-refractivity contribution in [2.45, 2.75) is 39.5 Å². The molecule has 0 fully saturated rings. The van der Waals surface area contributed by atoms with Crippen molar-refractivity contribution < 1.29 is 19.1 Å². The number of nitrogens with zero attached hydrogens (tertiary/aromatic N) is 3. The Morgan fingerprint density at radius 3 is 2.53 bits per heavy atom. The average Bonchev–Trinajstić information content (AvgIpc) is 3.15. The lowest BCUT2D eigenvalue weighted by Gasteiger charge is -2.24. The molecule has 1 aliphatic heterocycles. The third-order valence-electron chi connectivity index (χ3n) is 4.69. The number of fused-ring (bicyclic) bond motifs is 1. The zero-order valence-electron chi connectivity index (χ0n) is 17.7. The van der Waals surface area contributed by atoms with Gasteiger partial charge in [-0.15, -0.1) is 0 Å². The topological polar surface area (TPSA) is 105 Å². The molecule has 1 N–H and O–H groups in total. The van der Waals surface area contributed by atoms with Crippen molar-refractivity contribution in [2.75, 3.05) is 14.2 Å². The summed E-state index contributed by atoms with van der Waals surface area (Å²) in [6.45, 7) is 6.04. The number of hydrogen-bond acceptors (Lipinski definition) is 6. The van der Waals surface area contributed by atoms with Gasteiger partial charge < -0.3 is 14.8 Å². The molecule has 0 atom stereocenters. The van der Waals surface area contributed by atoms with Crippen LogP contribution in [0.4, 0.5) is 4.79 Å². The van der Waals surface area contributed by atoms with E-state index in [1.807, 2.05) is 20.8 Å². The van der Waals surface area contributed by atoms with Crippen LogP contribution in [0.15, 0.2) is 24.4 Å². The smallest absolute Gasteiger partial charge is 0.410 e. The van der Waals surface area contributed by atoms with E-state index >= 15 is 0 Å². The monoisotopic (exact) mass is 408 g/mol. The number of hydrogen-bond donors (Lipinski definition) is 1. The Hall–Kier alpha value is -3.60. The Kier molecular flexibility index (Phi) is 5.65. The normalized spacial score (nSPS) is 12.7. The molecule has 0 unspecified atom stereocenters. The number of benzene rings is 1. The van der Waals surface area contributed by atoms with Gasteiger partial charge >= 0.3 is 6.09 Å². The summed E-state index contributed by atoms with van der Waals surface area (Å²) in [6, 6.07) is 7.29. The molecule has 0 saturated carbocycles. The van der Waals surface area contributed by atoms with Gasteiger partial charge in [0.1, 0.15) is 23.1 Å². The quantitative estimate of drug-likeness (QED) is 0.836. The number of aromatic nitrogens is 1. The van der Waals surface area contributed by atoms with E-state index in [0.717, 1.165) is 11.1 Å². The van der Waals surface area contributed by atoms with Gasteiger partial charge in [0, 0.05) is 24.7 Å². The van der Waals surface area contributed by atoms with Crippen molar-refractivity contribution in [3.8, 4) is 22.9 Å². The number of pyridine rings is 1. The van der Waals surface area contributed by atoms with E-state index in [9.17, 15) is 14.9 Å². The van der Waals surface area contributed by atoms with Crippen LogP contribution in [0.25, 0.3) is 11.1 Å². The van der Waals surface area contributed by atoms with E-state index < -0.39 is 11.7 Å². The van der Waals surface area contributed by atoms with E-state index in [-0.39, 0.29) is 11.6 Å². The summed E-state index contributed by atoms with van der Waals surface area (Å²) in [6.07, 6.45) is 1.04. The Morgan fingerprint density at radius 2 is 1.93 bits per heavy atom. The first-order valence-corrected chi connectivity index (χ1v) is 9.47. The SMILES string of the molecule is CNC(=O)c1cc2c(c(-c3cc(OC)cnc3C#N)c1)CN(C(=O)OC(C)(C)C)C2. The molecular formula is C22H24N4O4. The van der Waals surface area contributed by atoms with E-state index in [1.54, 1.807) is 30.1 Å². The number of ether oxygens (including phenoxy) is 2. The Labute approximate surface area is 175 Å². The Bertz CT molecular complexity index is 1050. The van der Waals surface area contributed by atoms with Crippen LogP contribution in [0.5, 0.6) is 5.75 Å². The van der Waals surface area contributed by atoms with Crippen molar-refractivity contribution in [2.24, 2.45) is 0 Å². The molecule has 30 heavy (non-hydrogen) atoms. The zero-order chi connectivity index (χ0) is 22.1. The second kappa shape index (κ2) is 8.03. The van der Waals surface area contributed by atoms with Crippen LogP contribution in [0.1, 0.15) is 48.0 Å². The minimum absolute atomic E-state index is 0.211. The summed E-state index contributed by atoms with van der Waals surface area (Å²) in [7, 11) is 3.07. The highest BCUT2D eigenvalue weighted by Crippen LogP contribution is 2.37. The molecule has 8 nitrogen and oxygen atoms in total. The molecule has 3 rings (SSSR count). The summed E-state index contributed by atoms with van der Waals surface area (Å²) >= 11 is 0. The third kappa shape index (κ3) is 4.20. The summed E-state index contributed by atoms with van der Waals surface area (Å²) in [4.78, 5) is 30.7. The molecule has 2 heterocycles. The maximum absolute atomic E-state index is 12.6. The lowest BCUT2D eigenvalue weighted by molar-refractivity contribution is 0.0242. The standard InChI is InChI=1S/C22H24N4O4/c1-22(2,3)30-21(28)26-11-14-6-13(20(27)24-4)7-16(18(14)12-26)17-8-15(29-5)10-25-19(17)9-23/h6-8,10H,11-12H2,1-5H3,(H,24,27). The van der Waals surface area contributed by atoms with Crippen molar-refractivity contribution in [3.05, 3.63) is 46.8 Å². The largest absolute Gasteiger partial charge is 0.495 e. The first kappa shape index (κ1) is 21.1. The van der Waals surface area contributed by atoms with Gasteiger partial charge in [-0.3, -0.25) is 9.69 Å². The Morgan fingerprint density at radius 1 is 1.20 bits per heavy atom. The number of carbonyl (C=O) groups excluding carboxylic acids is 2. The molecule has 8 heteroatoms. The van der Waals surface area contributed by atoms with Crippen LogP contribution in [-0.4, -0.2) is 41.6 Å². The summed E-state index contributed by atoms with van der Waals surface area (Å²) in [5.41, 5.74) is 2.91. The van der Waals surface area contributed by atoms with Crippen molar-refractivity contribution in [1.82, 2.24) is 15.2 Å². The average molecular weight is 408 g/mol. The van der Waals surface area contributed by atoms with Crippen LogP contribution in [-0.2, 0) is 17.8 Å². The number of rotatable bonds is 3. The van der Waals surface area contributed by atoms with Gasteiger partial charge in [0.15, 0.2) is 0 Å². The molecule has 1 aromatic carbocycles. The van der Waals surface area contributed by atoms with E-state index in [1.165, 1.54) is 13.3 Å². The molecule has 2 aromatic rings. The van der Waals surface area contributed by atoms with Crippen LogP contribution in [0.2, 0.25) is 0 Å². The molecule has 156 valence electrons. The number of nitrogens with one attached hydrogen (secondary N) is 1. The summed E-state index contributed by atoms with van der Waals surface area (Å²) < 4.78 is 10.8. The predicted molar refractivity (Wildman–Crippen MR) is 110 cm³/mol. The minimum atomic E-state index is -0.618. The highest BCUT2D eigenvalue weighted by Gasteiger charge is 2.31. The molecule has 0 spiro atoms. The lowest BCUT2D eigenvalue weighted by Crippen LogP contribution is -2.33. The second-order valence-electron chi connectivity index (χ2n) is 7.96. The van der Waals surface area contributed by atoms with E-state index in [2.05, 4.69) is 16.4 Å². The molecule has 0 aliphatic carbocycles. The van der Waals surface area contributed by atoms with Gasteiger partial charge in [-0.05, 0) is 55.7 Å². The van der Waals surface area contributed by atoms with Gasteiger partial charge in [-0.1, -0.05) is 0 Å². The van der Waals surface area contributed by atoms with Gasteiger partial charge in [0.05, 0.1) is 19.9 Å². The van der Waals surface area contributed by atoms with Gasteiger partial charge in [0.25, 0.3) is 5.91 Å². The fraction of sp³-hybridized carbons (Fsp3) is 0.364. The molecule has 1 aliphatic rings. The number of nitriles is 1. The first-order chi connectivity index (χ1) is 14.2. The van der Waals surface area contributed by atoms with E-state index in [4.69, 9.17) is 9.47 Å². The molecular weight excluding hydrogens is 384 g/mol. The number of carbonyl (C=O) groups is 2. The fourth-order valence-corrected chi connectivity index (χ4v) is 3.34. The minimum Gasteiger partial charge on any atom is -0.495 e. The zero-order valence-corrected chi connectivity index (χ0v) is 17.7. The number of amides is 2. The highest BCUT2D eigenvalue weighted by molar-refractivity contribution is 5.96. The van der Waals surface area contributed by atoms with Gasteiger partial charge in [0.2, 0.25) is 0 Å². The van der Waals surface area contributed by atoms with Crippen molar-refractivity contribution in [1.29, 1.82) is 5.26 Å². The van der Waals surface area contributed by atoms with Crippen molar-refractivity contribution >= 4 is 12.0 Å². The van der Waals surface area contributed by atoms with Crippen LogP contribution >= 0.6 is 0 Å². The van der Waals surface area contributed by atoms with Gasteiger partial charge in [-0.2, -0.15) is 5.26 Å². The maximum atomic E-state index is 12.6. The number of methoxy groups -OCH3 is 1. The molecule has 0 radical (unpaired) electrons. The van der Waals surface area contributed by atoms with Gasteiger partial charge in [-0.25, -0.2) is 9.78 Å². The first-order valence-electron chi connectivity index (χ1n) is 9.47. The highest BCUT2D eigenvalue weighted by atomic mass is 16.6. The second-order valence-corrected chi connectivity index (χ2v) is 7.96. The maximum Gasteiger partial charge on any atom is 0.410 e. The molecule has 2 amide bonds. The molecule has 1 aromatic heterocycles. The summed E-state index contributed by atoms with van der Waals surface area (Å²) in [5, 5.41) is 12.2. The van der Waals surface area contributed by atoms with Crippen LogP contribution in [0, 0.1) is 11.3 Å². The van der Waals surface area contributed by atoms with E-state index in [0.29, 0.717) is 35.5 Å². The fourth-order valence-electron chi connectivity index (χ4n) is 3.34. The molecule has 0 bridgehead atoms. The van der Waals surface area contributed by atoms with Crippen LogP contribution in [0.3, 0.4) is 0 Å². The van der Waals surface area contributed by atoms with Crippen molar-refractivity contribution in [3.63, 3.8) is 0 Å². The summed E-state index contributed by atoms with van der Waals surface area (Å²) in [5.74, 6) is 0.231. The Balaban J connectivity index is 2.13. The lowest BCUT2D eigenvalue weighted by atomic mass is 9.93.